The van der Waals surface area contributed by atoms with Gasteiger partial charge in [0.1, 0.15) is 10.7 Å². The highest BCUT2D eigenvalue weighted by Gasteiger charge is 2.21. The number of thiol groups is 1. The zero-order valence-corrected chi connectivity index (χ0v) is 14.3. The fourth-order valence-electron chi connectivity index (χ4n) is 0.979. The largest absolute Gasteiger partial charge is 0.273 e. The van der Waals surface area contributed by atoms with Gasteiger partial charge in [-0.25, -0.2) is 8.42 Å². The Labute approximate surface area is 145 Å². The van der Waals surface area contributed by atoms with Gasteiger partial charge in [-0.2, -0.15) is 27.2 Å². The first-order valence-electron chi connectivity index (χ1n) is 4.82. The molecule has 0 spiro atoms. The van der Waals surface area contributed by atoms with Crippen LogP contribution < -0.4 is 12.3 Å². The van der Waals surface area contributed by atoms with Crippen LogP contribution in [0.2, 0.25) is 0 Å². The molecule has 1 amide bonds. The van der Waals surface area contributed by atoms with Crippen LogP contribution in [-0.4, -0.2) is 35.0 Å². The summed E-state index contributed by atoms with van der Waals surface area (Å²) in [6, 6.07) is 0. The molecule has 0 aliphatic rings. The molecule has 1 aromatic heterocycles. The summed E-state index contributed by atoms with van der Waals surface area (Å²) in [7, 11) is -2.72. The number of carbonyl (C=O) groups excluding carboxylic acids is 1. The van der Waals surface area contributed by atoms with Crippen molar-refractivity contribution in [3.8, 4) is 0 Å². The summed E-state index contributed by atoms with van der Waals surface area (Å²) >= 11 is 27.5. The van der Waals surface area contributed by atoms with Crippen LogP contribution >= 0.6 is 58.9 Å². The molecule has 0 aliphatic heterocycles. The Morgan fingerprint density at radius 1 is 0.905 bits per heavy atom. The molecule has 0 unspecified atom stereocenters. The molecule has 1 heterocycles. The summed E-state index contributed by atoms with van der Waals surface area (Å²) in [6.07, 6.45) is -0.366. The Hall–Kier alpha value is -0.520. The van der Waals surface area contributed by atoms with Crippen molar-refractivity contribution in [1.29, 1.82) is 0 Å². The minimum absolute atomic E-state index is 0.307. The number of halogens is 5. The Morgan fingerprint density at radius 3 is 1.71 bits per heavy atom. The van der Waals surface area contributed by atoms with Crippen molar-refractivity contribution < 1.29 is 13.2 Å². The van der Waals surface area contributed by atoms with Gasteiger partial charge >= 0.3 is 0 Å². The predicted octanol–water partition coefficient (Wildman–Crippen LogP) is 1.59. The topological polar surface area (TPSA) is 99.6 Å². The van der Waals surface area contributed by atoms with Crippen LogP contribution in [0.15, 0.2) is 0 Å². The summed E-state index contributed by atoms with van der Waals surface area (Å²) in [6.45, 7) is 0. The third-order valence-corrected chi connectivity index (χ3v) is 3.34. The lowest BCUT2D eigenvalue weighted by molar-refractivity contribution is -0.117. The number of carbonyl (C=O) groups is 1. The lowest BCUT2D eigenvalue weighted by Crippen LogP contribution is -2.25. The van der Waals surface area contributed by atoms with Gasteiger partial charge in [0.25, 0.3) is 17.8 Å². The van der Waals surface area contributed by atoms with Crippen LogP contribution in [0.5, 0.6) is 0 Å². The summed E-state index contributed by atoms with van der Waals surface area (Å²) in [5.74, 6) is -2.15. The number of nitrogens with zero attached hydrogens (tertiary/aromatic N) is 6. The maximum Gasteiger partial charge on any atom is 0.262 e. The van der Waals surface area contributed by atoms with Gasteiger partial charge in [0.05, 0.1) is 5.75 Å². The first-order chi connectivity index (χ1) is 9.72. The molecule has 1 rings (SSSR count). The Kier molecular flexibility index (Phi) is 7.24. The van der Waals surface area contributed by atoms with Gasteiger partial charge in [-0.15, -0.1) is 0 Å². The second-order valence-electron chi connectivity index (χ2n) is 3.18. The van der Waals surface area contributed by atoms with E-state index < -0.39 is 16.6 Å². The smallest absolute Gasteiger partial charge is 0.262 e. The second kappa shape index (κ2) is 8.20. The Morgan fingerprint density at radius 2 is 1.33 bits per heavy atom. The van der Waals surface area contributed by atoms with Crippen molar-refractivity contribution in [3.63, 3.8) is 0 Å². The van der Waals surface area contributed by atoms with Crippen molar-refractivity contribution in [2.45, 2.75) is 6.42 Å². The number of rotatable bonds is 6. The standard InChI is InChI=1S/C6H5Cl5N6O3S/c7-15(3(18)1-2-21(19)20)4-12-5(16(8)9)14-6(13-4)17(10)11/h21H,1-2H2. The van der Waals surface area contributed by atoms with Crippen LogP contribution in [0, 0.1) is 0 Å². The average molecular weight is 418 g/mol. The van der Waals surface area contributed by atoms with Gasteiger partial charge in [0.15, 0.2) is 0 Å². The van der Waals surface area contributed by atoms with Gasteiger partial charge in [-0.3, -0.25) is 4.79 Å². The molecule has 21 heavy (non-hydrogen) atoms. The molecule has 0 aliphatic carbocycles. The molecular formula is C6H5Cl5N6O3S. The SMILES string of the molecule is O=C(CC[SH](=O)=O)N(Cl)c1nc(N(Cl)Cl)nc(N(Cl)Cl)n1. The van der Waals surface area contributed by atoms with E-state index in [0.717, 1.165) is 0 Å². The fraction of sp³-hybridized carbons (Fsp3) is 0.333. The molecule has 0 aromatic carbocycles. The quantitative estimate of drug-likeness (QED) is 0.549. The van der Waals surface area contributed by atoms with E-state index in [1.807, 2.05) is 0 Å². The number of hydrogen-bond donors (Lipinski definition) is 1. The first-order valence-corrected chi connectivity index (χ1v) is 7.87. The highest BCUT2D eigenvalue weighted by atomic mass is 35.5. The molecule has 1 aromatic rings. The van der Waals surface area contributed by atoms with Crippen LogP contribution in [0.1, 0.15) is 6.42 Å². The van der Waals surface area contributed by atoms with Crippen molar-refractivity contribution >= 4 is 93.3 Å². The van der Waals surface area contributed by atoms with Gasteiger partial charge < -0.3 is 0 Å². The van der Waals surface area contributed by atoms with Gasteiger partial charge in [-0.1, -0.05) is 0 Å². The maximum absolute atomic E-state index is 11.7. The van der Waals surface area contributed by atoms with Crippen LogP contribution in [-0.2, 0) is 15.5 Å². The van der Waals surface area contributed by atoms with E-state index in [1.165, 1.54) is 0 Å². The zero-order valence-electron chi connectivity index (χ0n) is 9.66. The van der Waals surface area contributed by atoms with E-state index in [4.69, 9.17) is 58.9 Å². The third-order valence-electron chi connectivity index (χ3n) is 1.81. The van der Waals surface area contributed by atoms with Crippen LogP contribution in [0.4, 0.5) is 17.8 Å². The number of amides is 1. The predicted molar refractivity (Wildman–Crippen MR) is 81.3 cm³/mol. The van der Waals surface area contributed by atoms with E-state index in [2.05, 4.69) is 15.0 Å². The van der Waals surface area contributed by atoms with Gasteiger partial charge in [0, 0.05) is 65.3 Å². The van der Waals surface area contributed by atoms with E-state index >= 15 is 0 Å². The molecule has 118 valence electrons. The number of anilines is 3. The van der Waals surface area contributed by atoms with E-state index in [0.29, 0.717) is 12.3 Å². The second-order valence-corrected chi connectivity index (χ2v) is 6.33. The maximum atomic E-state index is 11.7. The summed E-state index contributed by atoms with van der Waals surface area (Å²) in [5.41, 5.74) is 0. The normalized spacial score (nSPS) is 10.6. The lowest BCUT2D eigenvalue weighted by Gasteiger charge is -2.14. The molecule has 9 nitrogen and oxygen atoms in total. The van der Waals surface area contributed by atoms with Crippen molar-refractivity contribution in [1.82, 2.24) is 15.0 Å². The van der Waals surface area contributed by atoms with E-state index in [1.54, 1.807) is 0 Å². The molecule has 0 radical (unpaired) electrons. The fourth-order valence-corrected chi connectivity index (χ4v) is 1.82. The minimum Gasteiger partial charge on any atom is -0.273 e. The van der Waals surface area contributed by atoms with Crippen LogP contribution in [0.3, 0.4) is 0 Å². The molecule has 0 bridgehead atoms. The third kappa shape index (κ3) is 5.64. The first kappa shape index (κ1) is 18.5. The number of hydrogen-bond acceptors (Lipinski definition) is 8. The van der Waals surface area contributed by atoms with Crippen molar-refractivity contribution in [3.05, 3.63) is 0 Å². The molecule has 15 heteroatoms. The molecule has 0 saturated heterocycles. The van der Waals surface area contributed by atoms with Crippen molar-refractivity contribution in [2.75, 3.05) is 18.0 Å². The molecule has 0 saturated carbocycles. The Balaban J connectivity index is 3.07. The van der Waals surface area contributed by atoms with E-state index in [9.17, 15) is 13.2 Å². The van der Waals surface area contributed by atoms with E-state index in [-0.39, 0.29) is 30.0 Å². The van der Waals surface area contributed by atoms with Crippen LogP contribution in [0.25, 0.3) is 0 Å². The highest BCUT2D eigenvalue weighted by Crippen LogP contribution is 2.24. The summed E-state index contributed by atoms with van der Waals surface area (Å²) < 4.78 is 22.3. The average Bonchev–Trinajstić information content (AvgIpc) is 2.43. The summed E-state index contributed by atoms with van der Waals surface area (Å²) in [4.78, 5) is 22.7. The molecule has 0 N–H and O–H groups in total. The number of aromatic nitrogens is 3. The molecule has 0 atom stereocenters. The van der Waals surface area contributed by atoms with Crippen molar-refractivity contribution in [2.24, 2.45) is 0 Å². The zero-order chi connectivity index (χ0) is 16.2. The molecule has 0 fully saturated rings. The lowest BCUT2D eigenvalue weighted by atomic mass is 10.4. The summed E-state index contributed by atoms with van der Waals surface area (Å²) in [5, 5.41) is 0. The highest BCUT2D eigenvalue weighted by molar-refractivity contribution is 7.72. The minimum atomic E-state index is -2.72. The Bertz CT molecular complexity index is 564. The van der Waals surface area contributed by atoms with Gasteiger partial charge in [-0.05, 0) is 0 Å². The van der Waals surface area contributed by atoms with Gasteiger partial charge in [0.2, 0.25) is 5.91 Å². The molecular weight excluding hydrogens is 413 g/mol. The monoisotopic (exact) mass is 416 g/mol.